The van der Waals surface area contributed by atoms with Gasteiger partial charge in [0.05, 0.1) is 4.90 Å². The molecular formula is C32H42ClN3O6S3. The molecule has 3 atom stereocenters. The van der Waals surface area contributed by atoms with Gasteiger partial charge in [0.1, 0.15) is 18.0 Å². The van der Waals surface area contributed by atoms with Crippen LogP contribution in [0.3, 0.4) is 0 Å². The molecule has 1 unspecified atom stereocenters. The van der Waals surface area contributed by atoms with Gasteiger partial charge in [-0.15, -0.1) is 0 Å². The standard InChI is InChI=1S/C32H42ClN3O6S3/c1-21(2)18-28(35-29(37)7-5-4-6-25-16-17-43-44-25)31(39)36-27(19-23-10-12-24(33)13-11-23)30(38)32(40)34-20-45(41,42)26-14-8-22(3)9-15-26/h8-15,21,25,27-28H,4-7,16-20H2,1-3H3,(H,34,40)(H,35,37)(H,36,39)/t25?,27-,28-/m0/s1. The van der Waals surface area contributed by atoms with E-state index in [1.807, 2.05) is 42.4 Å². The molecule has 3 amide bonds. The van der Waals surface area contributed by atoms with E-state index < -0.39 is 45.4 Å². The van der Waals surface area contributed by atoms with E-state index in [9.17, 15) is 27.6 Å². The fourth-order valence-corrected chi connectivity index (χ4v) is 8.96. The normalized spacial score (nSPS) is 16.2. The summed E-state index contributed by atoms with van der Waals surface area (Å²) in [7, 11) is -0.114. The number of hydrogen-bond donors (Lipinski definition) is 3. The Bertz CT molecular complexity index is 1410. The van der Waals surface area contributed by atoms with Crippen LogP contribution in [0.5, 0.6) is 0 Å². The summed E-state index contributed by atoms with van der Waals surface area (Å²) in [5.74, 6) is -2.56. The lowest BCUT2D eigenvalue weighted by atomic mass is 9.99. The molecule has 9 nitrogen and oxygen atoms in total. The van der Waals surface area contributed by atoms with Gasteiger partial charge < -0.3 is 16.0 Å². The van der Waals surface area contributed by atoms with Gasteiger partial charge in [-0.1, -0.05) is 83.3 Å². The van der Waals surface area contributed by atoms with E-state index in [4.69, 9.17) is 11.6 Å². The number of rotatable bonds is 17. The number of Topliss-reactive ketones (excluding diaryl/α,β-unsaturated/α-hetero) is 1. The molecule has 246 valence electrons. The Hall–Kier alpha value is -2.54. The molecule has 2 aromatic rings. The van der Waals surface area contributed by atoms with E-state index in [0.29, 0.717) is 28.7 Å². The number of unbranched alkanes of at least 4 members (excludes halogenated alkanes) is 1. The lowest BCUT2D eigenvalue weighted by molar-refractivity contribution is -0.140. The number of hydrogen-bond acceptors (Lipinski definition) is 8. The number of ketones is 1. The number of carbonyl (C=O) groups excluding carboxylic acids is 4. The molecule has 0 aromatic heterocycles. The highest BCUT2D eigenvalue weighted by molar-refractivity contribution is 8.77. The first-order chi connectivity index (χ1) is 21.3. The molecule has 13 heteroatoms. The second kappa shape index (κ2) is 18.0. The predicted molar refractivity (Wildman–Crippen MR) is 182 cm³/mol. The average molecular weight is 696 g/mol. The summed E-state index contributed by atoms with van der Waals surface area (Å²) in [4.78, 5) is 52.6. The largest absolute Gasteiger partial charge is 0.344 e. The summed E-state index contributed by atoms with van der Waals surface area (Å²) in [6.07, 6.45) is 4.47. The second-order valence-corrected chi connectivity index (χ2v) is 16.9. The van der Waals surface area contributed by atoms with E-state index in [-0.39, 0.29) is 29.6 Å². The summed E-state index contributed by atoms with van der Waals surface area (Å²) >= 11 is 6.01. The maximum atomic E-state index is 13.5. The third kappa shape index (κ3) is 12.6. The Morgan fingerprint density at radius 1 is 0.956 bits per heavy atom. The second-order valence-electron chi connectivity index (χ2n) is 11.7. The van der Waals surface area contributed by atoms with E-state index >= 15 is 0 Å². The summed E-state index contributed by atoms with van der Waals surface area (Å²) < 4.78 is 25.5. The fourth-order valence-electron chi connectivity index (χ4n) is 4.76. The summed E-state index contributed by atoms with van der Waals surface area (Å²) in [5, 5.41) is 8.79. The van der Waals surface area contributed by atoms with Crippen molar-refractivity contribution in [3.8, 4) is 0 Å². The Labute approximate surface area is 279 Å². The van der Waals surface area contributed by atoms with E-state index in [0.717, 1.165) is 24.2 Å². The smallest absolute Gasteiger partial charge is 0.290 e. The minimum absolute atomic E-state index is 0.00978. The van der Waals surface area contributed by atoms with Gasteiger partial charge in [-0.2, -0.15) is 0 Å². The van der Waals surface area contributed by atoms with Crippen molar-refractivity contribution in [2.45, 2.75) is 87.9 Å². The molecule has 3 N–H and O–H groups in total. The van der Waals surface area contributed by atoms with Crippen molar-refractivity contribution in [2.24, 2.45) is 5.92 Å². The SMILES string of the molecule is Cc1ccc(S(=O)(=O)CNC(=O)C(=O)[C@H](Cc2ccc(Cl)cc2)NC(=O)[C@H](CC(C)C)NC(=O)CCCCC2CCSS2)cc1. The zero-order valence-electron chi connectivity index (χ0n) is 25.8. The molecule has 3 rings (SSSR count). The maximum Gasteiger partial charge on any atom is 0.290 e. The van der Waals surface area contributed by atoms with Crippen molar-refractivity contribution in [1.29, 1.82) is 0 Å². The highest BCUT2D eigenvalue weighted by Gasteiger charge is 2.31. The third-order valence-electron chi connectivity index (χ3n) is 7.28. The Balaban J connectivity index is 1.67. The van der Waals surface area contributed by atoms with Crippen LogP contribution in [0.15, 0.2) is 53.4 Å². The van der Waals surface area contributed by atoms with Gasteiger partial charge in [0.2, 0.25) is 17.6 Å². The lowest BCUT2D eigenvalue weighted by Crippen LogP contribution is -2.55. The maximum absolute atomic E-state index is 13.5. The molecule has 0 aliphatic carbocycles. The number of benzene rings is 2. The van der Waals surface area contributed by atoms with Crippen LogP contribution in [0.4, 0.5) is 0 Å². The molecular weight excluding hydrogens is 654 g/mol. The van der Waals surface area contributed by atoms with Crippen molar-refractivity contribution in [3.05, 3.63) is 64.7 Å². The van der Waals surface area contributed by atoms with Crippen molar-refractivity contribution in [1.82, 2.24) is 16.0 Å². The molecule has 2 aromatic carbocycles. The number of carbonyl (C=O) groups is 4. The molecule has 1 fully saturated rings. The van der Waals surface area contributed by atoms with Crippen LogP contribution >= 0.6 is 33.2 Å². The molecule has 0 bridgehead atoms. The van der Waals surface area contributed by atoms with Crippen molar-refractivity contribution < 1.29 is 27.6 Å². The Morgan fingerprint density at radius 3 is 2.27 bits per heavy atom. The highest BCUT2D eigenvalue weighted by Crippen LogP contribution is 2.39. The molecule has 0 saturated carbocycles. The van der Waals surface area contributed by atoms with Gasteiger partial charge in [-0.05, 0) is 68.4 Å². The van der Waals surface area contributed by atoms with Crippen molar-refractivity contribution in [2.75, 3.05) is 11.6 Å². The first-order valence-corrected chi connectivity index (χ1v) is 19.5. The average Bonchev–Trinajstić information content (AvgIpc) is 3.52. The Kier molecular flexibility index (Phi) is 14.7. The van der Waals surface area contributed by atoms with Crippen LogP contribution in [0, 0.1) is 12.8 Å². The van der Waals surface area contributed by atoms with Crippen LogP contribution < -0.4 is 16.0 Å². The quantitative estimate of drug-likeness (QED) is 0.119. The molecule has 0 spiro atoms. The van der Waals surface area contributed by atoms with Crippen LogP contribution in [-0.4, -0.2) is 60.9 Å². The third-order valence-corrected chi connectivity index (χ3v) is 12.1. The topological polar surface area (TPSA) is 139 Å². The van der Waals surface area contributed by atoms with Crippen LogP contribution in [0.2, 0.25) is 5.02 Å². The molecule has 1 aliphatic rings. The minimum atomic E-state index is -3.91. The fraction of sp³-hybridized carbons (Fsp3) is 0.500. The molecule has 0 radical (unpaired) electrons. The molecule has 1 aliphatic heterocycles. The van der Waals surface area contributed by atoms with Crippen molar-refractivity contribution >= 4 is 66.5 Å². The number of sulfone groups is 1. The van der Waals surface area contributed by atoms with Crippen molar-refractivity contribution in [3.63, 3.8) is 0 Å². The van der Waals surface area contributed by atoms with Gasteiger partial charge in [0.15, 0.2) is 9.84 Å². The van der Waals surface area contributed by atoms with E-state index in [2.05, 4.69) is 16.0 Å². The van der Waals surface area contributed by atoms with E-state index in [1.165, 1.54) is 18.6 Å². The zero-order valence-corrected chi connectivity index (χ0v) is 29.0. The number of nitrogens with one attached hydrogen (secondary N) is 3. The summed E-state index contributed by atoms with van der Waals surface area (Å²) in [6, 6.07) is 10.5. The van der Waals surface area contributed by atoms with Gasteiger partial charge in [0, 0.05) is 28.9 Å². The summed E-state index contributed by atoms with van der Waals surface area (Å²) in [6.45, 7) is 5.66. The number of aryl methyl sites for hydroxylation is 1. The van der Waals surface area contributed by atoms with Crippen LogP contribution in [0.25, 0.3) is 0 Å². The number of halogens is 1. The van der Waals surface area contributed by atoms with Gasteiger partial charge in [0.25, 0.3) is 5.91 Å². The number of amides is 3. The first-order valence-electron chi connectivity index (χ1n) is 15.1. The minimum Gasteiger partial charge on any atom is -0.344 e. The Morgan fingerprint density at radius 2 is 1.64 bits per heavy atom. The van der Waals surface area contributed by atoms with Gasteiger partial charge >= 0.3 is 0 Å². The summed E-state index contributed by atoms with van der Waals surface area (Å²) in [5.41, 5.74) is 1.50. The van der Waals surface area contributed by atoms with E-state index in [1.54, 1.807) is 36.4 Å². The highest BCUT2D eigenvalue weighted by atomic mass is 35.5. The van der Waals surface area contributed by atoms with Gasteiger partial charge in [-0.3, -0.25) is 19.2 Å². The lowest BCUT2D eigenvalue weighted by Gasteiger charge is -2.24. The van der Waals surface area contributed by atoms with Crippen LogP contribution in [-0.2, 0) is 35.4 Å². The van der Waals surface area contributed by atoms with Gasteiger partial charge in [-0.25, -0.2) is 8.42 Å². The van der Waals surface area contributed by atoms with Crippen LogP contribution in [0.1, 0.15) is 63.5 Å². The monoisotopic (exact) mass is 695 g/mol. The zero-order chi connectivity index (χ0) is 33.0. The molecule has 45 heavy (non-hydrogen) atoms. The first kappa shape index (κ1) is 36.9. The molecule has 1 saturated heterocycles. The predicted octanol–water partition coefficient (Wildman–Crippen LogP) is 5.04. The molecule has 1 heterocycles.